The highest BCUT2D eigenvalue weighted by atomic mass is 35.5. The van der Waals surface area contributed by atoms with E-state index in [0.29, 0.717) is 10.8 Å². The van der Waals surface area contributed by atoms with Gasteiger partial charge in [-0.3, -0.25) is 0 Å². The number of hydrogen-bond donors (Lipinski definition) is 1. The van der Waals surface area contributed by atoms with Crippen molar-refractivity contribution >= 4 is 12.4 Å². The van der Waals surface area contributed by atoms with Gasteiger partial charge < -0.3 is 10.2 Å². The van der Waals surface area contributed by atoms with Gasteiger partial charge >= 0.3 is 0 Å². The number of allylic oxidation sites excluding steroid dienone is 2. The van der Waals surface area contributed by atoms with Crippen molar-refractivity contribution in [3.05, 3.63) is 12.2 Å². The molecule has 0 amide bonds. The molecule has 2 nitrogen and oxygen atoms in total. The van der Waals surface area contributed by atoms with E-state index < -0.39 is 0 Å². The third kappa shape index (κ3) is 3.53. The number of nitrogens with zero attached hydrogens (tertiary/aromatic N) is 1. The van der Waals surface area contributed by atoms with E-state index in [1.807, 2.05) is 0 Å². The maximum atomic E-state index is 3.54. The number of nitrogens with one attached hydrogen (secondary N) is 1. The van der Waals surface area contributed by atoms with E-state index >= 15 is 0 Å². The molecule has 2 heterocycles. The van der Waals surface area contributed by atoms with Crippen LogP contribution in [0.25, 0.3) is 0 Å². The van der Waals surface area contributed by atoms with Gasteiger partial charge in [-0.05, 0) is 62.4 Å². The summed E-state index contributed by atoms with van der Waals surface area (Å²) in [6.45, 7) is 8.91. The molecule has 0 radical (unpaired) electrons. The highest BCUT2D eigenvalue weighted by Gasteiger charge is 2.38. The molecule has 1 N–H and O–H groups in total. The van der Waals surface area contributed by atoms with Crippen LogP contribution in [0.5, 0.6) is 0 Å². The van der Waals surface area contributed by atoms with Crippen LogP contribution >= 0.6 is 12.4 Å². The van der Waals surface area contributed by atoms with Gasteiger partial charge in [0.05, 0.1) is 0 Å². The van der Waals surface area contributed by atoms with E-state index in [2.05, 4.69) is 29.3 Å². The number of likely N-dealkylation sites (tertiary alicyclic amines) is 1. The first-order valence-electron chi connectivity index (χ1n) is 7.78. The Balaban J connectivity index is 0.00000133. The van der Waals surface area contributed by atoms with Crippen molar-refractivity contribution in [2.24, 2.45) is 10.8 Å². The van der Waals surface area contributed by atoms with Crippen LogP contribution in [0.3, 0.4) is 0 Å². The van der Waals surface area contributed by atoms with Crippen LogP contribution in [-0.4, -0.2) is 37.6 Å². The largest absolute Gasteiger partial charge is 0.316 e. The zero-order chi connectivity index (χ0) is 12.5. The second kappa shape index (κ2) is 6.15. The lowest BCUT2D eigenvalue weighted by Crippen LogP contribution is -2.47. The van der Waals surface area contributed by atoms with Crippen LogP contribution in [0.1, 0.15) is 45.4 Å². The zero-order valence-electron chi connectivity index (χ0n) is 12.3. The Morgan fingerprint density at radius 2 is 2.11 bits per heavy atom. The Labute approximate surface area is 124 Å². The Bertz CT molecular complexity index is 323. The molecule has 2 aliphatic heterocycles. The molecule has 1 aliphatic carbocycles. The second-order valence-electron chi connectivity index (χ2n) is 7.27. The Hall–Kier alpha value is -0.0500. The van der Waals surface area contributed by atoms with Gasteiger partial charge in [-0.15, -0.1) is 12.4 Å². The van der Waals surface area contributed by atoms with Gasteiger partial charge in [0.1, 0.15) is 0 Å². The van der Waals surface area contributed by atoms with Gasteiger partial charge in [0.2, 0.25) is 0 Å². The summed E-state index contributed by atoms with van der Waals surface area (Å²) in [5.74, 6) is 0. The minimum absolute atomic E-state index is 0. The molecule has 2 atom stereocenters. The van der Waals surface area contributed by atoms with Gasteiger partial charge in [0.25, 0.3) is 0 Å². The van der Waals surface area contributed by atoms with Crippen molar-refractivity contribution in [2.75, 3.05) is 32.7 Å². The van der Waals surface area contributed by atoms with Crippen molar-refractivity contribution in [3.8, 4) is 0 Å². The van der Waals surface area contributed by atoms with Gasteiger partial charge in [-0.1, -0.05) is 19.1 Å². The summed E-state index contributed by atoms with van der Waals surface area (Å²) in [4.78, 5) is 2.77. The maximum absolute atomic E-state index is 3.54. The molecule has 0 aromatic carbocycles. The smallest absolute Gasteiger partial charge is 0.00482 e. The molecule has 1 spiro atoms. The summed E-state index contributed by atoms with van der Waals surface area (Å²) >= 11 is 0. The molecule has 2 unspecified atom stereocenters. The van der Waals surface area contributed by atoms with Crippen LogP contribution in [0.4, 0.5) is 0 Å². The molecule has 2 saturated heterocycles. The Morgan fingerprint density at radius 3 is 2.79 bits per heavy atom. The molecule has 3 aliphatic rings. The Morgan fingerprint density at radius 1 is 1.21 bits per heavy atom. The molecule has 0 saturated carbocycles. The van der Waals surface area contributed by atoms with Crippen LogP contribution < -0.4 is 5.32 Å². The van der Waals surface area contributed by atoms with Crippen LogP contribution in [0.2, 0.25) is 0 Å². The molecule has 110 valence electrons. The van der Waals surface area contributed by atoms with E-state index in [9.17, 15) is 0 Å². The van der Waals surface area contributed by atoms with Crippen LogP contribution in [0, 0.1) is 10.8 Å². The summed E-state index contributed by atoms with van der Waals surface area (Å²) in [7, 11) is 0. The standard InChI is InChI=1S/C16H28N2.ClH/c1-15(9-10-17-12-15)13-18-11-5-8-16(14-18)6-3-2-4-7-16;/h2-3,17H,4-14H2,1H3;1H. The van der Waals surface area contributed by atoms with E-state index in [0.717, 1.165) is 0 Å². The van der Waals surface area contributed by atoms with Crippen molar-refractivity contribution in [1.29, 1.82) is 0 Å². The molecular formula is C16H29ClN2. The van der Waals surface area contributed by atoms with Crippen molar-refractivity contribution in [3.63, 3.8) is 0 Å². The molecule has 0 aromatic rings. The number of hydrogen-bond acceptors (Lipinski definition) is 2. The third-order valence-corrected chi connectivity index (χ3v) is 5.36. The van der Waals surface area contributed by atoms with E-state index in [4.69, 9.17) is 0 Å². The quantitative estimate of drug-likeness (QED) is 0.783. The van der Waals surface area contributed by atoms with Crippen molar-refractivity contribution in [2.45, 2.75) is 45.4 Å². The molecular weight excluding hydrogens is 256 g/mol. The van der Waals surface area contributed by atoms with Gasteiger partial charge in [-0.25, -0.2) is 0 Å². The van der Waals surface area contributed by atoms with Gasteiger partial charge in [0.15, 0.2) is 0 Å². The topological polar surface area (TPSA) is 15.3 Å². The fourth-order valence-corrected chi connectivity index (χ4v) is 4.30. The highest BCUT2D eigenvalue weighted by Crippen LogP contribution is 2.41. The SMILES string of the molecule is CC1(CN2CCCC3(CC=CCC3)C2)CCNC1.Cl. The maximum Gasteiger partial charge on any atom is 0.00482 e. The first-order chi connectivity index (χ1) is 8.70. The predicted octanol–water partition coefficient (Wildman–Crippen LogP) is 3.23. The van der Waals surface area contributed by atoms with E-state index in [1.54, 1.807) is 0 Å². The lowest BCUT2D eigenvalue weighted by molar-refractivity contribution is 0.0528. The fourth-order valence-electron chi connectivity index (χ4n) is 4.30. The fraction of sp³-hybridized carbons (Fsp3) is 0.875. The van der Waals surface area contributed by atoms with E-state index in [-0.39, 0.29) is 12.4 Å². The third-order valence-electron chi connectivity index (χ3n) is 5.36. The molecule has 19 heavy (non-hydrogen) atoms. The second-order valence-corrected chi connectivity index (χ2v) is 7.27. The summed E-state index contributed by atoms with van der Waals surface area (Å²) < 4.78 is 0. The molecule has 0 aromatic heterocycles. The predicted molar refractivity (Wildman–Crippen MR) is 83.9 cm³/mol. The molecule has 3 rings (SSSR count). The van der Waals surface area contributed by atoms with Gasteiger partial charge in [0, 0.05) is 19.6 Å². The first-order valence-corrected chi connectivity index (χ1v) is 7.78. The van der Waals surface area contributed by atoms with Crippen LogP contribution in [0.15, 0.2) is 12.2 Å². The monoisotopic (exact) mass is 284 g/mol. The number of rotatable bonds is 2. The van der Waals surface area contributed by atoms with Crippen molar-refractivity contribution < 1.29 is 0 Å². The lowest BCUT2D eigenvalue weighted by atomic mass is 9.71. The molecule has 0 bridgehead atoms. The first kappa shape index (κ1) is 15.3. The average molecular weight is 285 g/mol. The Kier molecular flexibility index (Phi) is 4.97. The minimum atomic E-state index is 0. The summed E-state index contributed by atoms with van der Waals surface area (Å²) in [6.07, 6.45) is 13.1. The summed E-state index contributed by atoms with van der Waals surface area (Å²) in [6, 6.07) is 0. The number of halogens is 1. The summed E-state index contributed by atoms with van der Waals surface area (Å²) in [5, 5.41) is 3.54. The normalized spacial score (nSPS) is 39.4. The minimum Gasteiger partial charge on any atom is -0.316 e. The lowest BCUT2D eigenvalue weighted by Gasteiger charge is -2.46. The van der Waals surface area contributed by atoms with Gasteiger partial charge in [-0.2, -0.15) is 0 Å². The number of piperidine rings is 1. The zero-order valence-corrected chi connectivity index (χ0v) is 13.1. The van der Waals surface area contributed by atoms with Crippen molar-refractivity contribution in [1.82, 2.24) is 10.2 Å². The highest BCUT2D eigenvalue weighted by molar-refractivity contribution is 5.85. The molecule has 3 heteroatoms. The average Bonchev–Trinajstić information content (AvgIpc) is 2.77. The molecule has 2 fully saturated rings. The van der Waals surface area contributed by atoms with E-state index in [1.165, 1.54) is 71.2 Å². The summed E-state index contributed by atoms with van der Waals surface area (Å²) in [5.41, 5.74) is 1.17. The van der Waals surface area contributed by atoms with Crippen LogP contribution in [-0.2, 0) is 0 Å².